The Morgan fingerprint density at radius 1 is 1.58 bits per heavy atom. The Kier molecular flexibility index (Phi) is 1.89. The van der Waals surface area contributed by atoms with Crippen LogP contribution in [-0.2, 0) is 20.0 Å². The molecule has 0 bridgehead atoms. The summed E-state index contributed by atoms with van der Waals surface area (Å²) in [6.45, 7) is 5.61. The van der Waals surface area contributed by atoms with Gasteiger partial charge in [0.15, 0.2) is 0 Å². The average molecular weight is 165 g/mol. The summed E-state index contributed by atoms with van der Waals surface area (Å²) in [5, 5.41) is 4.41. The molecule has 0 unspecified atom stereocenters. The Morgan fingerprint density at radius 2 is 2.42 bits per heavy atom. The second kappa shape index (κ2) is 2.90. The van der Waals surface area contributed by atoms with E-state index in [4.69, 9.17) is 0 Å². The largest absolute Gasteiger partial charge is 0.299 e. The molecular weight excluding hydrogens is 150 g/mol. The molecular formula is C9H15N3. The lowest BCUT2D eigenvalue weighted by Crippen LogP contribution is -2.29. The number of nitrogens with zero attached hydrogens (tertiary/aromatic N) is 3. The standard InChI is InChI=1S/C9H15N3/c1-3-12-5-4-9-8(7-12)6-11(2)10-9/h6H,3-5,7H2,1-2H3. The number of hydrogen-bond donors (Lipinski definition) is 0. The first-order valence-electron chi connectivity index (χ1n) is 4.53. The first-order valence-corrected chi connectivity index (χ1v) is 4.53. The van der Waals surface area contributed by atoms with Crippen LogP contribution in [0.15, 0.2) is 6.20 Å². The van der Waals surface area contributed by atoms with Gasteiger partial charge in [-0.05, 0) is 6.54 Å². The van der Waals surface area contributed by atoms with Crippen LogP contribution in [-0.4, -0.2) is 27.8 Å². The van der Waals surface area contributed by atoms with E-state index in [9.17, 15) is 0 Å². The number of likely N-dealkylation sites (N-methyl/N-ethyl adjacent to an activating group) is 1. The van der Waals surface area contributed by atoms with Crippen molar-refractivity contribution in [1.82, 2.24) is 14.7 Å². The van der Waals surface area contributed by atoms with Crippen LogP contribution in [0.2, 0.25) is 0 Å². The molecule has 3 nitrogen and oxygen atoms in total. The Labute approximate surface area is 73.0 Å². The highest BCUT2D eigenvalue weighted by molar-refractivity contribution is 5.19. The van der Waals surface area contributed by atoms with Crippen molar-refractivity contribution in [1.29, 1.82) is 0 Å². The molecule has 0 saturated carbocycles. The zero-order chi connectivity index (χ0) is 8.55. The van der Waals surface area contributed by atoms with Crippen molar-refractivity contribution < 1.29 is 0 Å². The Balaban J connectivity index is 2.22. The van der Waals surface area contributed by atoms with Gasteiger partial charge < -0.3 is 0 Å². The van der Waals surface area contributed by atoms with Crippen molar-refractivity contribution in [2.45, 2.75) is 19.9 Å². The molecule has 0 aromatic carbocycles. The normalized spacial score (nSPS) is 17.8. The fourth-order valence-corrected chi connectivity index (χ4v) is 1.78. The SMILES string of the molecule is CCN1CCc2nn(C)cc2C1. The molecule has 1 aliphatic rings. The summed E-state index contributed by atoms with van der Waals surface area (Å²) in [6.07, 6.45) is 3.25. The summed E-state index contributed by atoms with van der Waals surface area (Å²) >= 11 is 0. The zero-order valence-corrected chi connectivity index (χ0v) is 7.75. The molecule has 12 heavy (non-hydrogen) atoms. The van der Waals surface area contributed by atoms with Crippen LogP contribution in [0.1, 0.15) is 18.2 Å². The molecule has 1 aliphatic heterocycles. The van der Waals surface area contributed by atoms with Crippen LogP contribution in [0.4, 0.5) is 0 Å². The number of rotatable bonds is 1. The minimum atomic E-state index is 1.08. The second-order valence-electron chi connectivity index (χ2n) is 3.39. The van der Waals surface area contributed by atoms with Crippen LogP contribution >= 0.6 is 0 Å². The summed E-state index contributed by atoms with van der Waals surface area (Å²) in [6, 6.07) is 0. The molecule has 0 N–H and O–H groups in total. The van der Waals surface area contributed by atoms with Crippen LogP contribution in [0.25, 0.3) is 0 Å². The van der Waals surface area contributed by atoms with E-state index in [0.717, 1.165) is 19.5 Å². The maximum Gasteiger partial charge on any atom is 0.0682 e. The number of aryl methyl sites for hydroxylation is 1. The van der Waals surface area contributed by atoms with Gasteiger partial charge in [0.2, 0.25) is 0 Å². The monoisotopic (exact) mass is 165 g/mol. The number of fused-ring (bicyclic) bond motifs is 1. The maximum atomic E-state index is 4.41. The molecule has 1 aromatic heterocycles. The van der Waals surface area contributed by atoms with Gasteiger partial charge >= 0.3 is 0 Å². The quantitative estimate of drug-likeness (QED) is 0.613. The lowest BCUT2D eigenvalue weighted by molar-refractivity contribution is 0.267. The average Bonchev–Trinajstić information content (AvgIpc) is 2.43. The molecule has 0 amide bonds. The van der Waals surface area contributed by atoms with Crippen LogP contribution in [0.5, 0.6) is 0 Å². The van der Waals surface area contributed by atoms with Gasteiger partial charge in [-0.1, -0.05) is 6.92 Å². The van der Waals surface area contributed by atoms with Gasteiger partial charge in [-0.25, -0.2) is 0 Å². The van der Waals surface area contributed by atoms with Crippen LogP contribution in [0.3, 0.4) is 0 Å². The first kappa shape index (κ1) is 7.80. The maximum absolute atomic E-state index is 4.41. The summed E-state index contributed by atoms with van der Waals surface area (Å²) in [5.74, 6) is 0. The predicted octanol–water partition coefficient (Wildman–Crippen LogP) is 0.798. The minimum absolute atomic E-state index is 1.08. The van der Waals surface area contributed by atoms with Gasteiger partial charge in [-0.2, -0.15) is 5.10 Å². The zero-order valence-electron chi connectivity index (χ0n) is 7.75. The van der Waals surface area contributed by atoms with Gasteiger partial charge in [-0.3, -0.25) is 9.58 Å². The van der Waals surface area contributed by atoms with Crippen molar-refractivity contribution in [2.24, 2.45) is 7.05 Å². The molecule has 1 aromatic rings. The highest BCUT2D eigenvalue weighted by atomic mass is 15.3. The second-order valence-corrected chi connectivity index (χ2v) is 3.39. The fourth-order valence-electron chi connectivity index (χ4n) is 1.78. The van der Waals surface area contributed by atoms with E-state index in [0.29, 0.717) is 0 Å². The summed E-state index contributed by atoms with van der Waals surface area (Å²) in [5.41, 5.74) is 2.70. The van der Waals surface area contributed by atoms with E-state index >= 15 is 0 Å². The Bertz CT molecular complexity index is 277. The molecule has 2 rings (SSSR count). The van der Waals surface area contributed by atoms with Crippen LogP contribution in [0, 0.1) is 0 Å². The van der Waals surface area contributed by atoms with E-state index in [2.05, 4.69) is 23.1 Å². The molecule has 0 atom stereocenters. The molecule has 3 heteroatoms. The van der Waals surface area contributed by atoms with E-state index in [1.807, 2.05) is 11.7 Å². The third-order valence-corrected chi connectivity index (χ3v) is 2.50. The van der Waals surface area contributed by atoms with Crippen LogP contribution < -0.4 is 0 Å². The molecule has 0 radical (unpaired) electrons. The Morgan fingerprint density at radius 3 is 3.17 bits per heavy atom. The summed E-state index contributed by atoms with van der Waals surface area (Å²) in [7, 11) is 1.99. The molecule has 0 saturated heterocycles. The predicted molar refractivity (Wildman–Crippen MR) is 47.9 cm³/mol. The van der Waals surface area contributed by atoms with E-state index in [1.165, 1.54) is 17.8 Å². The number of aromatic nitrogens is 2. The molecule has 2 heterocycles. The third-order valence-electron chi connectivity index (χ3n) is 2.50. The van der Waals surface area contributed by atoms with Crippen molar-refractivity contribution in [3.05, 3.63) is 17.5 Å². The minimum Gasteiger partial charge on any atom is -0.299 e. The van der Waals surface area contributed by atoms with Gasteiger partial charge in [0.1, 0.15) is 0 Å². The smallest absolute Gasteiger partial charge is 0.0682 e. The van der Waals surface area contributed by atoms with Gasteiger partial charge in [0.05, 0.1) is 5.69 Å². The Hall–Kier alpha value is -0.830. The highest BCUT2D eigenvalue weighted by Crippen LogP contribution is 2.16. The first-order chi connectivity index (χ1) is 5.79. The van der Waals surface area contributed by atoms with Crippen molar-refractivity contribution in [2.75, 3.05) is 13.1 Å². The number of hydrogen-bond acceptors (Lipinski definition) is 2. The fraction of sp³-hybridized carbons (Fsp3) is 0.667. The molecule has 0 spiro atoms. The van der Waals surface area contributed by atoms with E-state index in [1.54, 1.807) is 0 Å². The molecule has 66 valence electrons. The van der Waals surface area contributed by atoms with E-state index < -0.39 is 0 Å². The topological polar surface area (TPSA) is 21.1 Å². The highest BCUT2D eigenvalue weighted by Gasteiger charge is 2.16. The molecule has 0 fully saturated rings. The molecule has 0 aliphatic carbocycles. The summed E-state index contributed by atoms with van der Waals surface area (Å²) < 4.78 is 1.92. The lowest BCUT2D eigenvalue weighted by Gasteiger charge is -2.23. The van der Waals surface area contributed by atoms with Crippen molar-refractivity contribution in [3.8, 4) is 0 Å². The lowest BCUT2D eigenvalue weighted by atomic mass is 10.1. The van der Waals surface area contributed by atoms with Crippen molar-refractivity contribution >= 4 is 0 Å². The van der Waals surface area contributed by atoms with Crippen molar-refractivity contribution in [3.63, 3.8) is 0 Å². The van der Waals surface area contributed by atoms with E-state index in [-0.39, 0.29) is 0 Å². The van der Waals surface area contributed by atoms with Gasteiger partial charge in [0.25, 0.3) is 0 Å². The summed E-state index contributed by atoms with van der Waals surface area (Å²) in [4.78, 5) is 2.45. The van der Waals surface area contributed by atoms with Gasteiger partial charge in [-0.15, -0.1) is 0 Å². The van der Waals surface area contributed by atoms with Gasteiger partial charge in [0, 0.05) is 38.3 Å². The third kappa shape index (κ3) is 1.25.